The van der Waals surface area contributed by atoms with Gasteiger partial charge in [-0.2, -0.15) is 18.3 Å². The zero-order chi connectivity index (χ0) is 13.8. The molecule has 0 heterocycles. The molecule has 0 aliphatic carbocycles. The second kappa shape index (κ2) is 5.67. The highest BCUT2D eigenvalue weighted by Crippen LogP contribution is 2.37. The molecular formula is C10H10F3N3OS. The van der Waals surface area contributed by atoms with Crippen molar-refractivity contribution < 1.29 is 17.9 Å². The molecule has 98 valence electrons. The summed E-state index contributed by atoms with van der Waals surface area (Å²) < 4.78 is 43.3. The minimum atomic E-state index is -4.54. The average Bonchev–Trinajstić information content (AvgIpc) is 2.26. The number of hydrogen-bond acceptors (Lipinski definition) is 3. The molecule has 0 bridgehead atoms. The van der Waals surface area contributed by atoms with Crippen LogP contribution >= 0.6 is 12.2 Å². The molecule has 0 spiro atoms. The number of hydrazone groups is 1. The van der Waals surface area contributed by atoms with Crippen molar-refractivity contribution >= 4 is 23.5 Å². The molecule has 0 atom stereocenters. The standard InChI is InChI=1S/C10H10F3N3OS/c1-17-7-4-2-3-6(5-15-16-9(14)18)8(7)10(11,12)13/h2-5H,1H3,(H3,14,16,18). The van der Waals surface area contributed by atoms with Gasteiger partial charge in [0.1, 0.15) is 11.3 Å². The molecule has 3 N–H and O–H groups in total. The van der Waals surface area contributed by atoms with Crippen molar-refractivity contribution in [1.82, 2.24) is 5.43 Å². The Morgan fingerprint density at radius 3 is 2.67 bits per heavy atom. The molecule has 0 saturated heterocycles. The third kappa shape index (κ3) is 3.59. The van der Waals surface area contributed by atoms with Gasteiger partial charge in [0.2, 0.25) is 0 Å². The van der Waals surface area contributed by atoms with Gasteiger partial charge < -0.3 is 10.5 Å². The highest BCUT2D eigenvalue weighted by molar-refractivity contribution is 7.80. The largest absolute Gasteiger partial charge is 0.496 e. The number of benzene rings is 1. The quantitative estimate of drug-likeness (QED) is 0.503. The Kier molecular flexibility index (Phi) is 4.49. The maximum atomic E-state index is 12.9. The average molecular weight is 277 g/mol. The number of hydrogen-bond donors (Lipinski definition) is 2. The smallest absolute Gasteiger partial charge is 0.420 e. The van der Waals surface area contributed by atoms with Crippen molar-refractivity contribution in [1.29, 1.82) is 0 Å². The predicted molar refractivity (Wildman–Crippen MR) is 65.5 cm³/mol. The number of nitrogens with one attached hydrogen (secondary N) is 1. The Bertz CT molecular complexity index is 474. The fourth-order valence-corrected chi connectivity index (χ4v) is 1.35. The molecule has 4 nitrogen and oxygen atoms in total. The highest BCUT2D eigenvalue weighted by Gasteiger charge is 2.36. The summed E-state index contributed by atoms with van der Waals surface area (Å²) in [4.78, 5) is 0. The van der Waals surface area contributed by atoms with Crippen molar-refractivity contribution in [2.45, 2.75) is 6.18 Å². The van der Waals surface area contributed by atoms with E-state index in [-0.39, 0.29) is 16.4 Å². The van der Waals surface area contributed by atoms with Gasteiger partial charge >= 0.3 is 6.18 Å². The zero-order valence-electron chi connectivity index (χ0n) is 9.28. The van der Waals surface area contributed by atoms with Crippen LogP contribution in [0.15, 0.2) is 23.3 Å². The lowest BCUT2D eigenvalue weighted by Crippen LogP contribution is -2.24. The van der Waals surface area contributed by atoms with E-state index < -0.39 is 11.7 Å². The molecule has 0 aliphatic heterocycles. The van der Waals surface area contributed by atoms with Gasteiger partial charge in [-0.25, -0.2) is 0 Å². The van der Waals surface area contributed by atoms with Crippen LogP contribution in [0.4, 0.5) is 13.2 Å². The lowest BCUT2D eigenvalue weighted by molar-refractivity contribution is -0.138. The summed E-state index contributed by atoms with van der Waals surface area (Å²) in [6.07, 6.45) is -3.57. The monoisotopic (exact) mass is 277 g/mol. The Morgan fingerprint density at radius 1 is 1.50 bits per heavy atom. The molecule has 18 heavy (non-hydrogen) atoms. The molecule has 1 aromatic rings. The summed E-state index contributed by atoms with van der Waals surface area (Å²) in [5.74, 6) is -0.276. The first-order valence-electron chi connectivity index (χ1n) is 4.69. The first-order valence-corrected chi connectivity index (χ1v) is 5.09. The second-order valence-corrected chi connectivity index (χ2v) is 3.60. The van der Waals surface area contributed by atoms with Gasteiger partial charge in [-0.15, -0.1) is 0 Å². The van der Waals surface area contributed by atoms with E-state index in [4.69, 9.17) is 5.73 Å². The number of nitrogens with two attached hydrogens (primary N) is 1. The number of thiocarbonyl (C=S) groups is 1. The van der Waals surface area contributed by atoms with E-state index in [1.54, 1.807) is 0 Å². The van der Waals surface area contributed by atoms with Crippen LogP contribution in [-0.2, 0) is 6.18 Å². The van der Waals surface area contributed by atoms with Gasteiger partial charge in [0.15, 0.2) is 5.11 Å². The lowest BCUT2D eigenvalue weighted by atomic mass is 10.1. The fraction of sp³-hybridized carbons (Fsp3) is 0.200. The number of nitrogens with zero attached hydrogens (tertiary/aromatic N) is 1. The van der Waals surface area contributed by atoms with Gasteiger partial charge in [0.05, 0.1) is 13.3 Å². The van der Waals surface area contributed by atoms with Gasteiger partial charge in [-0.3, -0.25) is 5.43 Å². The number of ether oxygens (including phenoxy) is 1. The summed E-state index contributed by atoms with van der Waals surface area (Å²) in [6.45, 7) is 0. The zero-order valence-corrected chi connectivity index (χ0v) is 10.1. The van der Waals surface area contributed by atoms with Crippen LogP contribution in [0.3, 0.4) is 0 Å². The van der Waals surface area contributed by atoms with Crippen LogP contribution in [-0.4, -0.2) is 18.4 Å². The maximum Gasteiger partial charge on any atom is 0.420 e. The molecule has 0 unspecified atom stereocenters. The SMILES string of the molecule is COc1cccc(C=NNC(N)=S)c1C(F)(F)F. The van der Waals surface area contributed by atoms with Crippen LogP contribution in [0.1, 0.15) is 11.1 Å². The summed E-state index contributed by atoms with van der Waals surface area (Å²) in [5, 5.41) is 3.36. The third-order valence-corrected chi connectivity index (χ3v) is 2.03. The molecule has 0 aromatic heterocycles. The second-order valence-electron chi connectivity index (χ2n) is 3.16. The summed E-state index contributed by atoms with van der Waals surface area (Å²) in [5.41, 5.74) is 6.23. The Morgan fingerprint density at radius 2 is 2.17 bits per heavy atom. The van der Waals surface area contributed by atoms with Crippen LogP contribution in [0.25, 0.3) is 0 Å². The Balaban J connectivity index is 3.19. The molecule has 1 rings (SSSR count). The van der Waals surface area contributed by atoms with Crippen LogP contribution < -0.4 is 15.9 Å². The van der Waals surface area contributed by atoms with Gasteiger partial charge in [-0.05, 0) is 18.3 Å². The molecule has 0 aliphatic rings. The van der Waals surface area contributed by atoms with Crippen LogP contribution in [0.2, 0.25) is 0 Å². The predicted octanol–water partition coefficient (Wildman–Crippen LogP) is 1.88. The number of alkyl halides is 3. The minimum absolute atomic E-state index is 0.136. The van der Waals surface area contributed by atoms with E-state index in [0.717, 1.165) is 6.21 Å². The van der Waals surface area contributed by atoms with Crippen LogP contribution in [0.5, 0.6) is 5.75 Å². The molecule has 8 heteroatoms. The molecule has 0 radical (unpaired) electrons. The number of rotatable bonds is 3. The van der Waals surface area contributed by atoms with Gasteiger partial charge in [-0.1, -0.05) is 12.1 Å². The van der Waals surface area contributed by atoms with Gasteiger partial charge in [0, 0.05) is 5.56 Å². The van der Waals surface area contributed by atoms with E-state index in [2.05, 4.69) is 27.5 Å². The van der Waals surface area contributed by atoms with Crippen molar-refractivity contribution in [2.75, 3.05) is 7.11 Å². The molecule has 0 amide bonds. The van der Waals surface area contributed by atoms with E-state index >= 15 is 0 Å². The normalized spacial score (nSPS) is 11.6. The molecule has 0 saturated carbocycles. The first-order chi connectivity index (χ1) is 8.36. The van der Waals surface area contributed by atoms with E-state index in [9.17, 15) is 13.2 Å². The lowest BCUT2D eigenvalue weighted by Gasteiger charge is -2.14. The summed E-state index contributed by atoms with van der Waals surface area (Å²) in [7, 11) is 1.17. The van der Waals surface area contributed by atoms with Crippen molar-refractivity contribution in [3.63, 3.8) is 0 Å². The fourth-order valence-electron chi connectivity index (χ4n) is 1.29. The summed E-state index contributed by atoms with van der Waals surface area (Å²) in [6, 6.07) is 3.91. The van der Waals surface area contributed by atoms with E-state index in [1.807, 2.05) is 0 Å². The van der Waals surface area contributed by atoms with E-state index in [1.165, 1.54) is 25.3 Å². The van der Waals surface area contributed by atoms with Crippen molar-refractivity contribution in [3.8, 4) is 5.75 Å². The molecule has 0 fully saturated rings. The first kappa shape index (κ1) is 14.2. The van der Waals surface area contributed by atoms with Crippen molar-refractivity contribution in [2.24, 2.45) is 10.8 Å². The molecular weight excluding hydrogens is 267 g/mol. The molecule has 1 aromatic carbocycles. The third-order valence-electron chi connectivity index (χ3n) is 1.94. The Labute approximate surface area is 107 Å². The minimum Gasteiger partial charge on any atom is -0.496 e. The topological polar surface area (TPSA) is 59.6 Å². The summed E-state index contributed by atoms with van der Waals surface area (Å²) >= 11 is 4.47. The van der Waals surface area contributed by atoms with Gasteiger partial charge in [0.25, 0.3) is 0 Å². The Hall–Kier alpha value is -1.83. The van der Waals surface area contributed by atoms with Crippen LogP contribution in [0, 0.1) is 0 Å². The highest BCUT2D eigenvalue weighted by atomic mass is 32.1. The van der Waals surface area contributed by atoms with E-state index in [0.29, 0.717) is 0 Å². The maximum absolute atomic E-state index is 12.9. The van der Waals surface area contributed by atoms with Crippen molar-refractivity contribution in [3.05, 3.63) is 29.3 Å². The number of methoxy groups -OCH3 is 1. The number of halogens is 3.